The zero-order valence-corrected chi connectivity index (χ0v) is 17.6. The number of fused-ring (bicyclic) bond motifs is 1. The van der Waals surface area contributed by atoms with Crippen molar-refractivity contribution in [1.82, 2.24) is 10.3 Å². The topological polar surface area (TPSA) is 154 Å². The Kier molecular flexibility index (Phi) is 8.48. The standard InChI is InChI=1S/C21H26N4O6/c1-12(2)31-21(29)17(7-4-14(26)11-24-22)25-20(28)19(27)8-13-10-23-18-9-15(30-3)5-6-16(13)18/h5-6,9-12,17,19,23,27H,4,7-8H2,1-3H3,(H,25,28)/t17-,19-/m0/s1. The molecular formula is C21H26N4O6. The van der Waals surface area contributed by atoms with Crippen LogP contribution in [0.3, 0.4) is 0 Å². The second kappa shape index (κ2) is 11.1. The number of esters is 1. The molecule has 0 aliphatic rings. The van der Waals surface area contributed by atoms with E-state index in [2.05, 4.69) is 15.1 Å². The van der Waals surface area contributed by atoms with Crippen molar-refractivity contribution < 1.29 is 33.8 Å². The lowest BCUT2D eigenvalue weighted by Crippen LogP contribution is -2.47. The number of hydrogen-bond donors (Lipinski definition) is 3. The number of aliphatic hydroxyl groups is 1. The van der Waals surface area contributed by atoms with E-state index in [0.29, 0.717) is 12.0 Å². The molecule has 2 atom stereocenters. The molecule has 0 saturated heterocycles. The van der Waals surface area contributed by atoms with Gasteiger partial charge in [0.1, 0.15) is 17.9 Å². The number of aromatic nitrogens is 1. The lowest BCUT2D eigenvalue weighted by atomic mass is 10.0. The van der Waals surface area contributed by atoms with Crippen LogP contribution in [-0.2, 0) is 25.5 Å². The number of rotatable bonds is 11. The first-order valence-corrected chi connectivity index (χ1v) is 9.78. The quantitative estimate of drug-likeness (QED) is 0.210. The third kappa shape index (κ3) is 6.77. The number of methoxy groups -OCH3 is 1. The molecule has 10 heteroatoms. The summed E-state index contributed by atoms with van der Waals surface area (Å²) >= 11 is 0. The van der Waals surface area contributed by atoms with Crippen LogP contribution in [0.2, 0.25) is 0 Å². The first-order chi connectivity index (χ1) is 14.7. The molecule has 0 radical (unpaired) electrons. The van der Waals surface area contributed by atoms with Crippen molar-refractivity contribution in [2.45, 2.75) is 51.4 Å². The van der Waals surface area contributed by atoms with Crippen LogP contribution in [0.5, 0.6) is 5.75 Å². The molecule has 0 fully saturated rings. The summed E-state index contributed by atoms with van der Waals surface area (Å²) in [6, 6.07) is 4.27. The Morgan fingerprint density at radius 1 is 1.32 bits per heavy atom. The number of hydrogen-bond acceptors (Lipinski definition) is 6. The normalized spacial score (nSPS) is 12.7. The fourth-order valence-electron chi connectivity index (χ4n) is 3.01. The van der Waals surface area contributed by atoms with Gasteiger partial charge in [-0.15, -0.1) is 0 Å². The third-order valence-electron chi connectivity index (χ3n) is 4.52. The highest BCUT2D eigenvalue weighted by molar-refractivity contribution is 6.25. The van der Waals surface area contributed by atoms with Gasteiger partial charge in [0.05, 0.1) is 13.2 Å². The zero-order valence-electron chi connectivity index (χ0n) is 17.6. The van der Waals surface area contributed by atoms with Gasteiger partial charge in [-0.3, -0.25) is 9.59 Å². The summed E-state index contributed by atoms with van der Waals surface area (Å²) in [5.74, 6) is -1.33. The minimum absolute atomic E-state index is 0.0141. The predicted molar refractivity (Wildman–Crippen MR) is 112 cm³/mol. The Hall–Kier alpha value is -3.49. The third-order valence-corrected chi connectivity index (χ3v) is 4.52. The molecular weight excluding hydrogens is 404 g/mol. The van der Waals surface area contributed by atoms with Crippen LogP contribution in [0.4, 0.5) is 0 Å². The number of Topliss-reactive ketones (excluding diaryl/α,β-unsaturated/α-hetero) is 1. The highest BCUT2D eigenvalue weighted by Crippen LogP contribution is 2.24. The van der Waals surface area contributed by atoms with Crippen molar-refractivity contribution in [3.05, 3.63) is 35.5 Å². The van der Waals surface area contributed by atoms with Crippen LogP contribution in [-0.4, -0.2) is 64.1 Å². The molecule has 0 aliphatic heterocycles. The summed E-state index contributed by atoms with van der Waals surface area (Å²) in [6.07, 6.45) is 0.357. The van der Waals surface area contributed by atoms with Crippen LogP contribution >= 0.6 is 0 Å². The number of H-pyrrole nitrogens is 1. The lowest BCUT2D eigenvalue weighted by molar-refractivity contribution is -0.152. The summed E-state index contributed by atoms with van der Waals surface area (Å²) in [5.41, 5.74) is 9.93. The number of nitrogens with one attached hydrogen (secondary N) is 2. The number of ether oxygens (including phenoxy) is 2. The molecule has 1 aromatic carbocycles. The number of carbonyl (C=O) groups excluding carboxylic acids is 3. The molecule has 2 aromatic rings. The van der Waals surface area contributed by atoms with Crippen LogP contribution in [0, 0.1) is 0 Å². The summed E-state index contributed by atoms with van der Waals surface area (Å²) in [6.45, 7) is 3.31. The van der Waals surface area contributed by atoms with Crippen molar-refractivity contribution in [3.8, 4) is 5.75 Å². The smallest absolute Gasteiger partial charge is 0.328 e. The number of ketones is 1. The van der Waals surface area contributed by atoms with Gasteiger partial charge < -0.3 is 30.4 Å². The first kappa shape index (κ1) is 23.8. The monoisotopic (exact) mass is 430 g/mol. The first-order valence-electron chi connectivity index (χ1n) is 9.78. The second-order valence-electron chi connectivity index (χ2n) is 7.24. The zero-order chi connectivity index (χ0) is 23.0. The summed E-state index contributed by atoms with van der Waals surface area (Å²) in [4.78, 5) is 42.1. The maximum absolute atomic E-state index is 12.5. The second-order valence-corrected chi connectivity index (χ2v) is 7.24. The molecule has 10 nitrogen and oxygen atoms in total. The average molecular weight is 430 g/mol. The minimum Gasteiger partial charge on any atom is -0.497 e. The van der Waals surface area contributed by atoms with Crippen molar-refractivity contribution in [3.63, 3.8) is 0 Å². The van der Waals surface area contributed by atoms with Crippen molar-refractivity contribution in [1.29, 1.82) is 0 Å². The summed E-state index contributed by atoms with van der Waals surface area (Å²) in [7, 11) is 1.56. The Balaban J connectivity index is 2.07. The highest BCUT2D eigenvalue weighted by Gasteiger charge is 2.27. The molecule has 1 aromatic heterocycles. The molecule has 31 heavy (non-hydrogen) atoms. The number of nitrogens with zero attached hydrogens (tertiary/aromatic N) is 2. The average Bonchev–Trinajstić information content (AvgIpc) is 3.12. The van der Waals surface area contributed by atoms with Gasteiger partial charge in [-0.05, 0) is 38.0 Å². The molecule has 166 valence electrons. The number of aliphatic hydroxyl groups excluding tert-OH is 1. The molecule has 0 aliphatic carbocycles. The van der Waals surface area contributed by atoms with E-state index in [9.17, 15) is 19.5 Å². The van der Waals surface area contributed by atoms with Gasteiger partial charge in [-0.25, -0.2) is 4.79 Å². The fourth-order valence-corrected chi connectivity index (χ4v) is 3.01. The Bertz CT molecular complexity index is 993. The Morgan fingerprint density at radius 3 is 2.71 bits per heavy atom. The summed E-state index contributed by atoms with van der Waals surface area (Å²) in [5, 5.41) is 13.7. The van der Waals surface area contributed by atoms with Crippen LogP contribution in [0.15, 0.2) is 24.4 Å². The van der Waals surface area contributed by atoms with Crippen LogP contribution < -0.4 is 10.1 Å². The van der Waals surface area contributed by atoms with E-state index in [0.717, 1.165) is 16.5 Å². The molecule has 0 saturated carbocycles. The van der Waals surface area contributed by atoms with Gasteiger partial charge in [0, 0.05) is 36.0 Å². The maximum Gasteiger partial charge on any atom is 0.328 e. The molecule has 0 bridgehead atoms. The summed E-state index contributed by atoms with van der Waals surface area (Å²) < 4.78 is 10.3. The number of carbonyl (C=O) groups is 3. The molecule has 1 heterocycles. The minimum atomic E-state index is -1.43. The Labute approximate surface area is 179 Å². The number of aromatic amines is 1. The largest absolute Gasteiger partial charge is 0.497 e. The van der Waals surface area contributed by atoms with Gasteiger partial charge in [-0.2, -0.15) is 4.79 Å². The van der Waals surface area contributed by atoms with Gasteiger partial charge >= 0.3 is 12.2 Å². The highest BCUT2D eigenvalue weighted by atomic mass is 16.5. The van der Waals surface area contributed by atoms with Gasteiger partial charge in [-0.1, -0.05) is 0 Å². The predicted octanol–water partition coefficient (Wildman–Crippen LogP) is 1.17. The molecule has 0 unspecified atom stereocenters. The fraction of sp³-hybridized carbons (Fsp3) is 0.429. The molecule has 3 N–H and O–H groups in total. The van der Waals surface area contributed by atoms with E-state index >= 15 is 0 Å². The van der Waals surface area contributed by atoms with E-state index in [4.69, 9.17) is 15.0 Å². The number of benzene rings is 1. The maximum atomic E-state index is 12.5. The van der Waals surface area contributed by atoms with Gasteiger partial charge in [0.15, 0.2) is 0 Å². The van der Waals surface area contributed by atoms with Gasteiger partial charge in [0.2, 0.25) is 11.7 Å². The van der Waals surface area contributed by atoms with Crippen LogP contribution in [0.1, 0.15) is 32.3 Å². The SMILES string of the molecule is COc1ccc2c(C[C@H](O)C(=O)N[C@@H](CCC(=O)C=[N+]=[N-])C(=O)OC(C)C)c[nH]c2c1. The molecule has 2 rings (SSSR count). The molecule has 0 spiro atoms. The van der Waals surface area contributed by atoms with Crippen molar-refractivity contribution >= 4 is 34.8 Å². The van der Waals surface area contributed by atoms with Crippen molar-refractivity contribution in [2.24, 2.45) is 0 Å². The number of amides is 1. The molecule has 1 amide bonds. The lowest BCUT2D eigenvalue weighted by Gasteiger charge is -2.20. The van der Waals surface area contributed by atoms with Gasteiger partial charge in [0.25, 0.3) is 0 Å². The van der Waals surface area contributed by atoms with Crippen molar-refractivity contribution in [2.75, 3.05) is 7.11 Å². The van der Waals surface area contributed by atoms with Crippen LogP contribution in [0.25, 0.3) is 16.4 Å². The van der Waals surface area contributed by atoms with E-state index in [1.807, 2.05) is 6.07 Å². The Morgan fingerprint density at radius 2 is 2.06 bits per heavy atom. The van der Waals surface area contributed by atoms with E-state index in [-0.39, 0.29) is 19.3 Å². The van der Waals surface area contributed by atoms with E-state index in [1.165, 1.54) is 0 Å². The van der Waals surface area contributed by atoms with E-state index < -0.39 is 35.9 Å². The van der Waals surface area contributed by atoms with E-state index in [1.54, 1.807) is 39.3 Å².